The minimum atomic E-state index is -0.741. The normalized spacial score (nSPS) is 13.3. The van der Waals surface area contributed by atoms with Gasteiger partial charge in [-0.1, -0.05) is 12.1 Å². The molecule has 1 heterocycles. The van der Waals surface area contributed by atoms with E-state index in [4.69, 9.17) is 10.5 Å². The first kappa shape index (κ1) is 16.9. The van der Waals surface area contributed by atoms with Gasteiger partial charge in [-0.15, -0.1) is 0 Å². The van der Waals surface area contributed by atoms with Crippen molar-refractivity contribution in [2.75, 3.05) is 18.1 Å². The number of para-hydroxylation sites is 1. The summed E-state index contributed by atoms with van der Waals surface area (Å²) < 4.78 is 32.9. The average Bonchev–Trinajstić information content (AvgIpc) is 2.59. The number of ether oxygens (including phenoxy) is 1. The largest absolute Gasteiger partial charge is 0.483 e. The molecule has 0 saturated heterocycles. The second-order valence-corrected chi connectivity index (χ2v) is 5.70. The van der Waals surface area contributed by atoms with E-state index in [1.165, 1.54) is 17.0 Å². The van der Waals surface area contributed by atoms with E-state index < -0.39 is 23.4 Å². The smallest absolute Gasteiger partial charge is 0.262 e. The zero-order chi connectivity index (χ0) is 18.0. The molecule has 0 radical (unpaired) electrons. The van der Waals surface area contributed by atoms with Crippen LogP contribution in [0.25, 0.3) is 0 Å². The summed E-state index contributed by atoms with van der Waals surface area (Å²) in [5.41, 5.74) is 5.80. The topological polar surface area (TPSA) is 72.6 Å². The van der Waals surface area contributed by atoms with Crippen molar-refractivity contribution in [3.8, 4) is 5.75 Å². The van der Waals surface area contributed by atoms with E-state index in [1.54, 1.807) is 12.1 Å². The zero-order valence-electron chi connectivity index (χ0n) is 13.3. The van der Waals surface area contributed by atoms with Crippen LogP contribution in [-0.4, -0.2) is 25.0 Å². The first-order valence-corrected chi connectivity index (χ1v) is 7.77. The Kier molecular flexibility index (Phi) is 4.65. The van der Waals surface area contributed by atoms with E-state index in [1.807, 2.05) is 0 Å². The SMILES string of the molecule is NC(=O)COc1ccccc1C(=O)N1CCCc2c(F)cc(F)cc21. The van der Waals surface area contributed by atoms with Gasteiger partial charge in [-0.25, -0.2) is 8.78 Å². The summed E-state index contributed by atoms with van der Waals surface area (Å²) in [4.78, 5) is 25.2. The van der Waals surface area contributed by atoms with Crippen molar-refractivity contribution in [3.63, 3.8) is 0 Å². The lowest BCUT2D eigenvalue weighted by Gasteiger charge is -2.30. The summed E-state index contributed by atoms with van der Waals surface area (Å²) in [7, 11) is 0. The van der Waals surface area contributed by atoms with Crippen LogP contribution >= 0.6 is 0 Å². The summed E-state index contributed by atoms with van der Waals surface area (Å²) >= 11 is 0. The summed E-state index contributed by atoms with van der Waals surface area (Å²) in [5, 5.41) is 0. The molecule has 7 heteroatoms. The molecule has 0 spiro atoms. The minimum Gasteiger partial charge on any atom is -0.483 e. The third-order valence-corrected chi connectivity index (χ3v) is 3.97. The maximum Gasteiger partial charge on any atom is 0.262 e. The van der Waals surface area contributed by atoms with E-state index >= 15 is 0 Å². The summed E-state index contributed by atoms with van der Waals surface area (Å²) in [6, 6.07) is 8.33. The van der Waals surface area contributed by atoms with Crippen LogP contribution in [0.15, 0.2) is 36.4 Å². The van der Waals surface area contributed by atoms with Crippen molar-refractivity contribution < 1.29 is 23.1 Å². The quantitative estimate of drug-likeness (QED) is 0.924. The predicted molar refractivity (Wildman–Crippen MR) is 87.5 cm³/mol. The Labute approximate surface area is 143 Å². The predicted octanol–water partition coefficient (Wildman–Crippen LogP) is 2.42. The molecular formula is C18H16F2N2O3. The fourth-order valence-electron chi connectivity index (χ4n) is 2.89. The number of fused-ring (bicyclic) bond motifs is 1. The molecule has 25 heavy (non-hydrogen) atoms. The first-order valence-electron chi connectivity index (χ1n) is 7.77. The number of carbonyl (C=O) groups excluding carboxylic acids is 2. The van der Waals surface area contributed by atoms with Crippen molar-refractivity contribution in [1.82, 2.24) is 0 Å². The number of hydrogen-bond donors (Lipinski definition) is 1. The van der Waals surface area contributed by atoms with Crippen LogP contribution in [0.3, 0.4) is 0 Å². The van der Waals surface area contributed by atoms with Gasteiger partial charge in [-0.3, -0.25) is 9.59 Å². The fourth-order valence-corrected chi connectivity index (χ4v) is 2.89. The first-order chi connectivity index (χ1) is 12.0. The maximum atomic E-state index is 14.0. The third kappa shape index (κ3) is 3.45. The van der Waals surface area contributed by atoms with Crippen molar-refractivity contribution in [1.29, 1.82) is 0 Å². The molecule has 2 aromatic rings. The Balaban J connectivity index is 1.97. The molecule has 0 unspecified atom stereocenters. The number of carbonyl (C=O) groups is 2. The molecular weight excluding hydrogens is 330 g/mol. The molecule has 0 aromatic heterocycles. The summed E-state index contributed by atoms with van der Waals surface area (Å²) in [6.45, 7) is -0.0387. The number of halogens is 2. The van der Waals surface area contributed by atoms with Crippen molar-refractivity contribution >= 4 is 17.5 Å². The molecule has 0 bridgehead atoms. The Morgan fingerprint density at radius 1 is 1.20 bits per heavy atom. The highest BCUT2D eigenvalue weighted by atomic mass is 19.1. The van der Waals surface area contributed by atoms with Gasteiger partial charge < -0.3 is 15.4 Å². The average molecular weight is 346 g/mol. The van der Waals surface area contributed by atoms with Crippen LogP contribution in [0.5, 0.6) is 5.75 Å². The molecule has 2 N–H and O–H groups in total. The number of anilines is 1. The highest BCUT2D eigenvalue weighted by Gasteiger charge is 2.28. The second-order valence-electron chi connectivity index (χ2n) is 5.70. The molecule has 1 aliphatic heterocycles. The number of benzene rings is 2. The molecule has 0 aliphatic carbocycles. The van der Waals surface area contributed by atoms with Crippen LogP contribution in [0, 0.1) is 11.6 Å². The molecule has 0 saturated carbocycles. The monoisotopic (exact) mass is 346 g/mol. The van der Waals surface area contributed by atoms with Gasteiger partial charge in [0, 0.05) is 18.2 Å². The summed E-state index contributed by atoms with van der Waals surface area (Å²) in [6.07, 6.45) is 0.997. The van der Waals surface area contributed by atoms with Crippen molar-refractivity contribution in [3.05, 3.63) is 59.2 Å². The van der Waals surface area contributed by atoms with E-state index in [0.29, 0.717) is 24.9 Å². The van der Waals surface area contributed by atoms with Crippen LogP contribution in [0.2, 0.25) is 0 Å². The molecule has 1 aliphatic rings. The Bertz CT molecular complexity index is 839. The number of hydrogen-bond acceptors (Lipinski definition) is 3. The van der Waals surface area contributed by atoms with Gasteiger partial charge in [-0.05, 0) is 31.0 Å². The van der Waals surface area contributed by atoms with E-state index in [0.717, 1.165) is 12.1 Å². The van der Waals surface area contributed by atoms with Crippen molar-refractivity contribution in [2.45, 2.75) is 12.8 Å². The van der Waals surface area contributed by atoms with Gasteiger partial charge in [-0.2, -0.15) is 0 Å². The standard InChI is InChI=1S/C18H16F2N2O3/c19-11-8-14(20)12-5-3-7-22(15(12)9-11)18(24)13-4-1-2-6-16(13)25-10-17(21)23/h1-2,4,6,8-9H,3,5,7,10H2,(H2,21,23). The van der Waals surface area contributed by atoms with E-state index in [9.17, 15) is 18.4 Å². The van der Waals surface area contributed by atoms with Crippen LogP contribution < -0.4 is 15.4 Å². The number of primary amides is 1. The molecule has 130 valence electrons. The number of rotatable bonds is 4. The molecule has 5 nitrogen and oxygen atoms in total. The Morgan fingerprint density at radius 2 is 1.96 bits per heavy atom. The van der Waals surface area contributed by atoms with Crippen molar-refractivity contribution in [2.24, 2.45) is 5.73 Å². The van der Waals surface area contributed by atoms with Gasteiger partial charge >= 0.3 is 0 Å². The molecule has 0 atom stereocenters. The summed E-state index contributed by atoms with van der Waals surface area (Å²) in [5.74, 6) is -2.34. The Morgan fingerprint density at radius 3 is 2.72 bits per heavy atom. The van der Waals surface area contributed by atoms with Gasteiger partial charge in [0.2, 0.25) is 0 Å². The molecule has 2 amide bonds. The van der Waals surface area contributed by atoms with E-state index in [2.05, 4.69) is 0 Å². The third-order valence-electron chi connectivity index (χ3n) is 3.97. The Hall–Kier alpha value is -2.96. The van der Waals surface area contributed by atoms with Gasteiger partial charge in [0.05, 0.1) is 11.3 Å². The molecule has 0 fully saturated rings. The minimum absolute atomic E-state index is 0.190. The highest BCUT2D eigenvalue weighted by molar-refractivity contribution is 6.08. The molecule has 2 aromatic carbocycles. The molecule has 3 rings (SSSR count). The van der Waals surface area contributed by atoms with Gasteiger partial charge in [0.15, 0.2) is 6.61 Å². The second kappa shape index (κ2) is 6.88. The lowest BCUT2D eigenvalue weighted by Crippen LogP contribution is -2.36. The van der Waals surface area contributed by atoms with Gasteiger partial charge in [0.1, 0.15) is 17.4 Å². The lowest BCUT2D eigenvalue weighted by atomic mass is 9.99. The number of nitrogens with zero attached hydrogens (tertiary/aromatic N) is 1. The van der Waals surface area contributed by atoms with Crippen LogP contribution in [-0.2, 0) is 11.2 Å². The fraction of sp³-hybridized carbons (Fsp3) is 0.222. The number of amides is 2. The lowest BCUT2D eigenvalue weighted by molar-refractivity contribution is -0.119. The number of nitrogens with two attached hydrogens (primary N) is 1. The maximum absolute atomic E-state index is 14.0. The van der Waals surface area contributed by atoms with Gasteiger partial charge in [0.25, 0.3) is 11.8 Å². The van der Waals surface area contributed by atoms with Crippen LogP contribution in [0.1, 0.15) is 22.3 Å². The zero-order valence-corrected chi connectivity index (χ0v) is 13.3. The van der Waals surface area contributed by atoms with E-state index in [-0.39, 0.29) is 23.6 Å². The highest BCUT2D eigenvalue weighted by Crippen LogP contribution is 2.32. The van der Waals surface area contributed by atoms with Crippen LogP contribution in [0.4, 0.5) is 14.5 Å².